The number of hydrogen-bond acceptors (Lipinski definition) is 5. The summed E-state index contributed by atoms with van der Waals surface area (Å²) in [5.74, 6) is -1.63. The number of rotatable bonds is 9. The van der Waals surface area contributed by atoms with E-state index in [0.717, 1.165) is 11.6 Å². The van der Waals surface area contributed by atoms with Gasteiger partial charge in [-0.2, -0.15) is 0 Å². The summed E-state index contributed by atoms with van der Waals surface area (Å²) in [6.45, 7) is -0.352. The summed E-state index contributed by atoms with van der Waals surface area (Å²) in [6, 6.07) is 21.9. The summed E-state index contributed by atoms with van der Waals surface area (Å²) in [6.07, 6.45) is 0. The summed E-state index contributed by atoms with van der Waals surface area (Å²) < 4.78 is 24.6. The highest BCUT2D eigenvalue weighted by atomic mass is 19.1. The molecule has 3 aromatic rings. The van der Waals surface area contributed by atoms with Crippen molar-refractivity contribution in [3.05, 3.63) is 95.8 Å². The van der Waals surface area contributed by atoms with E-state index in [9.17, 15) is 18.8 Å². The minimum atomic E-state index is -0.742. The average molecular weight is 451 g/mol. The Morgan fingerprint density at radius 1 is 0.727 bits per heavy atom. The third-order valence-corrected chi connectivity index (χ3v) is 4.31. The molecule has 0 unspecified atom stereocenters. The van der Waals surface area contributed by atoms with Crippen molar-refractivity contribution in [1.82, 2.24) is 16.2 Å². The molecule has 0 aliphatic carbocycles. The normalized spacial score (nSPS) is 10.1. The number of halogens is 1. The van der Waals surface area contributed by atoms with Crippen LogP contribution in [0, 0.1) is 5.82 Å². The molecule has 3 amide bonds. The lowest BCUT2D eigenvalue weighted by Gasteiger charge is -2.10. The fraction of sp³-hybridized carbons (Fsp3) is 0.125. The minimum absolute atomic E-state index is 0.181. The molecule has 9 heteroatoms. The van der Waals surface area contributed by atoms with E-state index >= 15 is 0 Å². The minimum Gasteiger partial charge on any atom is -0.489 e. The van der Waals surface area contributed by atoms with Crippen LogP contribution < -0.4 is 25.6 Å². The van der Waals surface area contributed by atoms with Gasteiger partial charge in [0, 0.05) is 0 Å². The maximum Gasteiger partial charge on any atom is 0.276 e. The van der Waals surface area contributed by atoms with Crippen molar-refractivity contribution in [3.8, 4) is 11.5 Å². The van der Waals surface area contributed by atoms with E-state index in [4.69, 9.17) is 9.47 Å². The highest BCUT2D eigenvalue weighted by molar-refractivity contribution is 5.96. The Kier molecular flexibility index (Phi) is 8.35. The molecular weight excluding hydrogens is 429 g/mol. The number of amides is 3. The molecule has 3 aromatic carbocycles. The van der Waals surface area contributed by atoms with Crippen LogP contribution in [0.2, 0.25) is 0 Å². The molecule has 0 radical (unpaired) electrons. The van der Waals surface area contributed by atoms with Gasteiger partial charge in [-0.25, -0.2) is 4.39 Å². The summed E-state index contributed by atoms with van der Waals surface area (Å²) in [5, 5.41) is 2.26. The number of benzene rings is 3. The van der Waals surface area contributed by atoms with Gasteiger partial charge < -0.3 is 14.8 Å². The van der Waals surface area contributed by atoms with Crippen molar-refractivity contribution < 1.29 is 28.2 Å². The Morgan fingerprint density at radius 3 is 2.03 bits per heavy atom. The van der Waals surface area contributed by atoms with E-state index < -0.39 is 30.1 Å². The van der Waals surface area contributed by atoms with Crippen LogP contribution in [0.3, 0.4) is 0 Å². The second kappa shape index (κ2) is 11.8. The Hall–Kier alpha value is -4.40. The molecule has 33 heavy (non-hydrogen) atoms. The molecule has 8 nitrogen and oxygen atoms in total. The van der Waals surface area contributed by atoms with Gasteiger partial charge in [-0.1, -0.05) is 42.5 Å². The molecular formula is C24H22FN3O5. The van der Waals surface area contributed by atoms with Crippen LogP contribution in [-0.4, -0.2) is 30.9 Å². The first-order valence-corrected chi connectivity index (χ1v) is 10.0. The molecule has 0 aromatic heterocycles. The summed E-state index contributed by atoms with van der Waals surface area (Å²) in [4.78, 5) is 35.5. The van der Waals surface area contributed by atoms with Crippen molar-refractivity contribution in [2.24, 2.45) is 0 Å². The number of hydrazine groups is 1. The fourth-order valence-electron chi connectivity index (χ4n) is 2.64. The van der Waals surface area contributed by atoms with Crippen LogP contribution in [0.5, 0.6) is 11.5 Å². The molecule has 0 aliphatic rings. The first kappa shape index (κ1) is 23.3. The Morgan fingerprint density at radius 2 is 1.33 bits per heavy atom. The van der Waals surface area contributed by atoms with E-state index in [2.05, 4.69) is 16.2 Å². The molecule has 0 heterocycles. The van der Waals surface area contributed by atoms with Gasteiger partial charge in [-0.05, 0) is 42.0 Å². The standard InChI is InChI=1S/C24H22FN3O5/c25-21-9-5-4-8-20(21)24(31)26-14-22(29)27-28-23(30)16-33-19-12-10-18(11-13-19)32-15-17-6-2-1-3-7-17/h1-13H,14-16H2,(H,26,31)(H,27,29)(H,28,30). The van der Waals surface area contributed by atoms with Crippen molar-refractivity contribution in [1.29, 1.82) is 0 Å². The number of carbonyl (C=O) groups is 3. The van der Waals surface area contributed by atoms with Gasteiger partial charge in [-0.3, -0.25) is 25.2 Å². The Balaban J connectivity index is 1.33. The fourth-order valence-corrected chi connectivity index (χ4v) is 2.64. The van der Waals surface area contributed by atoms with Gasteiger partial charge in [-0.15, -0.1) is 0 Å². The average Bonchev–Trinajstić information content (AvgIpc) is 2.85. The molecule has 3 rings (SSSR count). The van der Waals surface area contributed by atoms with Crippen molar-refractivity contribution >= 4 is 17.7 Å². The molecule has 170 valence electrons. The number of ether oxygens (including phenoxy) is 2. The lowest BCUT2D eigenvalue weighted by Crippen LogP contribution is -2.47. The Labute approximate surface area is 189 Å². The number of hydrogen-bond donors (Lipinski definition) is 3. The summed E-state index contributed by atoms with van der Waals surface area (Å²) in [5.41, 5.74) is 5.16. The molecule has 0 bridgehead atoms. The van der Waals surface area contributed by atoms with Crippen LogP contribution in [-0.2, 0) is 16.2 Å². The van der Waals surface area contributed by atoms with Crippen LogP contribution >= 0.6 is 0 Å². The lowest BCUT2D eigenvalue weighted by atomic mass is 10.2. The van der Waals surface area contributed by atoms with Gasteiger partial charge in [0.1, 0.15) is 23.9 Å². The van der Waals surface area contributed by atoms with Gasteiger partial charge in [0.05, 0.1) is 12.1 Å². The maximum atomic E-state index is 13.5. The summed E-state index contributed by atoms with van der Waals surface area (Å²) >= 11 is 0. The first-order chi connectivity index (χ1) is 16.0. The number of carbonyl (C=O) groups excluding carboxylic acids is 3. The second-order valence-corrected chi connectivity index (χ2v) is 6.79. The van der Waals surface area contributed by atoms with E-state index in [1.807, 2.05) is 30.3 Å². The van der Waals surface area contributed by atoms with Crippen molar-refractivity contribution in [3.63, 3.8) is 0 Å². The van der Waals surface area contributed by atoms with Crippen LogP contribution in [0.1, 0.15) is 15.9 Å². The first-order valence-electron chi connectivity index (χ1n) is 10.0. The quantitative estimate of drug-likeness (QED) is 0.433. The van der Waals surface area contributed by atoms with Crippen LogP contribution in [0.15, 0.2) is 78.9 Å². The summed E-state index contributed by atoms with van der Waals surface area (Å²) in [7, 11) is 0. The van der Waals surface area contributed by atoms with Crippen molar-refractivity contribution in [2.75, 3.05) is 13.2 Å². The highest BCUT2D eigenvalue weighted by Gasteiger charge is 2.12. The number of nitrogens with one attached hydrogen (secondary N) is 3. The molecule has 0 saturated heterocycles. The van der Waals surface area contributed by atoms with E-state index in [0.29, 0.717) is 18.1 Å². The Bertz CT molecular complexity index is 1090. The van der Waals surface area contributed by atoms with E-state index in [1.54, 1.807) is 24.3 Å². The third kappa shape index (κ3) is 7.66. The van der Waals surface area contributed by atoms with Crippen LogP contribution in [0.4, 0.5) is 4.39 Å². The van der Waals surface area contributed by atoms with Crippen LogP contribution in [0.25, 0.3) is 0 Å². The lowest BCUT2D eigenvalue weighted by molar-refractivity contribution is -0.129. The topological polar surface area (TPSA) is 106 Å². The molecule has 0 fully saturated rings. The van der Waals surface area contributed by atoms with Crippen molar-refractivity contribution in [2.45, 2.75) is 6.61 Å². The predicted octanol–water partition coefficient (Wildman–Crippen LogP) is 2.36. The van der Waals surface area contributed by atoms with E-state index in [-0.39, 0.29) is 12.2 Å². The second-order valence-electron chi connectivity index (χ2n) is 6.79. The van der Waals surface area contributed by atoms with Gasteiger partial charge >= 0.3 is 0 Å². The van der Waals surface area contributed by atoms with Gasteiger partial charge in [0.25, 0.3) is 17.7 Å². The molecule has 0 aliphatic heterocycles. The zero-order valence-electron chi connectivity index (χ0n) is 17.5. The molecule has 3 N–H and O–H groups in total. The molecule has 0 spiro atoms. The largest absolute Gasteiger partial charge is 0.489 e. The zero-order valence-corrected chi connectivity index (χ0v) is 17.5. The van der Waals surface area contributed by atoms with Gasteiger partial charge in [0.2, 0.25) is 0 Å². The predicted molar refractivity (Wildman–Crippen MR) is 118 cm³/mol. The zero-order chi connectivity index (χ0) is 23.5. The van der Waals surface area contributed by atoms with E-state index in [1.165, 1.54) is 18.2 Å². The SMILES string of the molecule is O=C(CNC(=O)c1ccccc1F)NNC(=O)COc1ccc(OCc2ccccc2)cc1. The van der Waals surface area contributed by atoms with Gasteiger partial charge in [0.15, 0.2) is 6.61 Å². The molecule has 0 saturated carbocycles. The maximum absolute atomic E-state index is 13.5. The smallest absolute Gasteiger partial charge is 0.276 e. The monoisotopic (exact) mass is 451 g/mol. The highest BCUT2D eigenvalue weighted by Crippen LogP contribution is 2.18. The third-order valence-electron chi connectivity index (χ3n) is 4.31. The molecule has 0 atom stereocenters.